The molecule has 2 fully saturated rings. The van der Waals surface area contributed by atoms with Crippen LogP contribution in [0.3, 0.4) is 0 Å². The number of nitrogens with zero attached hydrogens (tertiary/aromatic N) is 5. The number of ether oxygens (including phenoxy) is 1. The Hall–Kier alpha value is -3.23. The van der Waals surface area contributed by atoms with Gasteiger partial charge in [-0.3, -0.25) is 10.00 Å². The number of fused-ring (bicyclic) bond motifs is 1. The molecule has 2 aliphatic rings. The van der Waals surface area contributed by atoms with Gasteiger partial charge in [-0.05, 0) is 24.1 Å². The number of hydrogen-bond donors (Lipinski definition) is 2. The summed E-state index contributed by atoms with van der Waals surface area (Å²) in [5, 5.41) is 10.4. The number of H-pyrrole nitrogens is 1. The number of hydrogen-bond acceptors (Lipinski definition) is 5. The topological polar surface area (TPSA) is 81.7 Å². The van der Waals surface area contributed by atoms with Crippen LogP contribution in [0.25, 0.3) is 11.4 Å². The van der Waals surface area contributed by atoms with Crippen molar-refractivity contribution in [2.75, 3.05) is 32.8 Å². The van der Waals surface area contributed by atoms with E-state index >= 15 is 0 Å². The van der Waals surface area contributed by atoms with Gasteiger partial charge in [0.1, 0.15) is 6.33 Å². The Morgan fingerprint density at radius 2 is 2.03 bits per heavy atom. The molecule has 0 amide bonds. The van der Waals surface area contributed by atoms with Gasteiger partial charge >= 0.3 is 0 Å². The van der Waals surface area contributed by atoms with Crippen LogP contribution in [0, 0.1) is 0 Å². The van der Waals surface area contributed by atoms with E-state index in [1.54, 1.807) is 0 Å². The van der Waals surface area contributed by atoms with Crippen molar-refractivity contribution in [1.29, 1.82) is 0 Å². The highest BCUT2D eigenvalue weighted by molar-refractivity contribution is 5.80. The zero-order valence-corrected chi connectivity index (χ0v) is 19.0. The van der Waals surface area contributed by atoms with Gasteiger partial charge in [0, 0.05) is 38.3 Å². The van der Waals surface area contributed by atoms with Gasteiger partial charge in [-0.15, -0.1) is 0 Å². The van der Waals surface area contributed by atoms with Crippen molar-refractivity contribution in [2.45, 2.75) is 32.2 Å². The summed E-state index contributed by atoms with van der Waals surface area (Å²) in [6.07, 6.45) is 1.74. The molecular formula is C25H31N7O. The van der Waals surface area contributed by atoms with E-state index in [0.717, 1.165) is 62.2 Å². The highest BCUT2D eigenvalue weighted by atomic mass is 16.5. The highest BCUT2D eigenvalue weighted by Crippen LogP contribution is 2.25. The molecule has 8 heteroatoms. The van der Waals surface area contributed by atoms with E-state index in [1.165, 1.54) is 11.9 Å². The molecule has 8 nitrogen and oxygen atoms in total. The van der Waals surface area contributed by atoms with Crippen LogP contribution >= 0.6 is 0 Å². The Labute approximate surface area is 194 Å². The Morgan fingerprint density at radius 3 is 2.85 bits per heavy atom. The fraction of sp³-hybridized carbons (Fsp3) is 0.400. The first-order valence-corrected chi connectivity index (χ1v) is 11.7. The zero-order valence-electron chi connectivity index (χ0n) is 19.0. The molecule has 0 spiro atoms. The molecule has 1 aromatic heterocycles. The summed E-state index contributed by atoms with van der Waals surface area (Å²) < 4.78 is 6.17. The molecule has 2 saturated heterocycles. The van der Waals surface area contributed by atoms with Crippen LogP contribution < -0.4 is 5.32 Å². The smallest absolute Gasteiger partial charge is 0.194 e. The fourth-order valence-electron chi connectivity index (χ4n) is 4.70. The Morgan fingerprint density at radius 1 is 1.15 bits per heavy atom. The Kier molecular flexibility index (Phi) is 6.64. The maximum atomic E-state index is 6.17. The molecule has 2 N–H and O–H groups in total. The van der Waals surface area contributed by atoms with Gasteiger partial charge in [0.15, 0.2) is 11.8 Å². The minimum absolute atomic E-state index is 0.209. The molecule has 0 aliphatic carbocycles. The maximum absolute atomic E-state index is 6.17. The highest BCUT2D eigenvalue weighted by Gasteiger charge is 2.41. The quantitative estimate of drug-likeness (QED) is 0.448. The average molecular weight is 446 g/mol. The van der Waals surface area contributed by atoms with E-state index in [-0.39, 0.29) is 6.10 Å². The summed E-state index contributed by atoms with van der Waals surface area (Å²) in [6, 6.07) is 19.4. The molecule has 172 valence electrons. The normalized spacial score (nSPS) is 21.2. The van der Waals surface area contributed by atoms with E-state index in [2.05, 4.69) is 79.7 Å². The van der Waals surface area contributed by atoms with Crippen LogP contribution in [0.1, 0.15) is 18.1 Å². The number of aromatic nitrogens is 3. The summed E-state index contributed by atoms with van der Waals surface area (Å²) in [5.41, 5.74) is 3.50. The molecule has 2 aromatic carbocycles. The summed E-state index contributed by atoms with van der Waals surface area (Å²) in [5.74, 6) is 1.72. The van der Waals surface area contributed by atoms with Crippen LogP contribution in [0.5, 0.6) is 0 Å². The first-order chi connectivity index (χ1) is 16.3. The van der Waals surface area contributed by atoms with Crippen LogP contribution in [0.4, 0.5) is 0 Å². The number of benzene rings is 2. The molecule has 3 heterocycles. The number of aliphatic imine (C=N–C) groups is 1. The van der Waals surface area contributed by atoms with Crippen LogP contribution in [0.15, 0.2) is 65.9 Å². The number of morpholine rings is 1. The predicted octanol–water partition coefficient (Wildman–Crippen LogP) is 2.52. The number of guanidine groups is 1. The third kappa shape index (κ3) is 5.07. The lowest BCUT2D eigenvalue weighted by atomic mass is 10.1. The molecular weight excluding hydrogens is 414 g/mol. The molecule has 2 aliphatic heterocycles. The molecule has 3 aromatic rings. The predicted molar refractivity (Wildman–Crippen MR) is 129 cm³/mol. The monoisotopic (exact) mass is 445 g/mol. The molecule has 5 rings (SSSR count). The van der Waals surface area contributed by atoms with Gasteiger partial charge in [-0.25, -0.2) is 9.98 Å². The molecule has 2 atom stereocenters. The maximum Gasteiger partial charge on any atom is 0.194 e. The van der Waals surface area contributed by atoms with Gasteiger partial charge in [0.25, 0.3) is 0 Å². The SMILES string of the molecule is CCNC(=NCc1cccc(-c2ncn[nH]2)c1)N1CC2OCCN(Cc3ccccc3)C2C1. The van der Waals surface area contributed by atoms with Crippen molar-refractivity contribution >= 4 is 5.96 Å². The van der Waals surface area contributed by atoms with E-state index in [1.807, 2.05) is 12.1 Å². The second kappa shape index (κ2) is 10.1. The lowest BCUT2D eigenvalue weighted by molar-refractivity contribution is -0.0502. The molecule has 0 bridgehead atoms. The van der Waals surface area contributed by atoms with E-state index in [0.29, 0.717) is 12.6 Å². The van der Waals surface area contributed by atoms with Gasteiger partial charge in [-0.2, -0.15) is 5.10 Å². The standard InChI is InChI=1S/C25H31N7O/c1-2-26-25(27-14-20-9-6-10-21(13-20)24-28-18-29-30-24)32-16-22-23(17-32)33-12-11-31(22)15-19-7-4-3-5-8-19/h3-10,13,18,22-23H,2,11-12,14-17H2,1H3,(H,26,27)(H,28,29,30). The van der Waals surface area contributed by atoms with E-state index in [4.69, 9.17) is 9.73 Å². The molecule has 33 heavy (non-hydrogen) atoms. The minimum atomic E-state index is 0.209. The summed E-state index contributed by atoms with van der Waals surface area (Å²) in [7, 11) is 0. The summed E-state index contributed by atoms with van der Waals surface area (Å²) >= 11 is 0. The van der Waals surface area contributed by atoms with Crippen LogP contribution in [-0.2, 0) is 17.8 Å². The molecule has 0 radical (unpaired) electrons. The second-order valence-corrected chi connectivity index (χ2v) is 8.54. The number of aromatic amines is 1. The van der Waals surface area contributed by atoms with Crippen molar-refractivity contribution in [3.8, 4) is 11.4 Å². The lowest BCUT2D eigenvalue weighted by Crippen LogP contribution is -2.50. The zero-order chi connectivity index (χ0) is 22.5. The van der Waals surface area contributed by atoms with Crippen molar-refractivity contribution < 1.29 is 4.74 Å². The second-order valence-electron chi connectivity index (χ2n) is 8.54. The fourth-order valence-corrected chi connectivity index (χ4v) is 4.70. The van der Waals surface area contributed by atoms with Gasteiger partial charge in [0.2, 0.25) is 0 Å². The lowest BCUT2D eigenvalue weighted by Gasteiger charge is -2.36. The summed E-state index contributed by atoms with van der Waals surface area (Å²) in [4.78, 5) is 14.1. The van der Waals surface area contributed by atoms with Crippen molar-refractivity contribution in [3.63, 3.8) is 0 Å². The van der Waals surface area contributed by atoms with Crippen molar-refractivity contribution in [3.05, 3.63) is 72.1 Å². The first kappa shape index (κ1) is 21.6. The van der Waals surface area contributed by atoms with Crippen LogP contribution in [0.2, 0.25) is 0 Å². The summed E-state index contributed by atoms with van der Waals surface area (Å²) in [6.45, 7) is 8.03. The first-order valence-electron chi connectivity index (χ1n) is 11.7. The number of likely N-dealkylation sites (tertiary alicyclic amines) is 1. The van der Waals surface area contributed by atoms with Crippen molar-refractivity contribution in [1.82, 2.24) is 30.3 Å². The third-order valence-electron chi connectivity index (χ3n) is 6.31. The van der Waals surface area contributed by atoms with E-state index < -0.39 is 0 Å². The van der Waals surface area contributed by atoms with Gasteiger partial charge < -0.3 is 15.0 Å². The minimum Gasteiger partial charge on any atom is -0.373 e. The van der Waals surface area contributed by atoms with Crippen LogP contribution in [-0.4, -0.2) is 75.9 Å². The Bertz CT molecular complexity index is 1050. The average Bonchev–Trinajstić information content (AvgIpc) is 3.54. The largest absolute Gasteiger partial charge is 0.373 e. The third-order valence-corrected chi connectivity index (χ3v) is 6.31. The number of rotatable bonds is 6. The molecule has 2 unspecified atom stereocenters. The van der Waals surface area contributed by atoms with Gasteiger partial charge in [0.05, 0.1) is 25.3 Å². The van der Waals surface area contributed by atoms with Crippen molar-refractivity contribution in [2.24, 2.45) is 4.99 Å². The van der Waals surface area contributed by atoms with Gasteiger partial charge in [-0.1, -0.05) is 48.5 Å². The molecule has 0 saturated carbocycles. The number of nitrogens with one attached hydrogen (secondary N) is 2. The van der Waals surface area contributed by atoms with E-state index in [9.17, 15) is 0 Å². The Balaban J connectivity index is 1.28.